The lowest BCUT2D eigenvalue weighted by atomic mass is 10.3. The topological polar surface area (TPSA) is 87.1 Å². The maximum absolute atomic E-state index is 12.6. The van der Waals surface area contributed by atoms with Crippen molar-refractivity contribution < 1.29 is 26.8 Å². The smallest absolute Gasteiger partial charge is 0.330 e. The zero-order valence-corrected chi connectivity index (χ0v) is 10.5. The minimum Gasteiger partial charge on any atom is -0.397 e. The number of hydrogen-bond acceptors (Lipinski definition) is 6. The van der Waals surface area contributed by atoms with Gasteiger partial charge in [0.1, 0.15) is 13.2 Å². The Hall–Kier alpha value is -2.23. The zero-order valence-electron chi connectivity index (χ0n) is 10.5. The molecule has 0 radical (unpaired) electrons. The fourth-order valence-electron chi connectivity index (χ4n) is 1.35. The monoisotopic (exact) mass is 306 g/mol. The molecule has 0 bridgehead atoms. The molecule has 2 N–H and O–H groups in total. The summed E-state index contributed by atoms with van der Waals surface area (Å²) < 4.78 is 58.3. The number of nitrogens with two attached hydrogens (primary N) is 1. The first-order chi connectivity index (χ1) is 9.90. The van der Waals surface area contributed by atoms with Crippen LogP contribution in [0.2, 0.25) is 0 Å². The number of anilines is 1. The highest BCUT2D eigenvalue weighted by Crippen LogP contribution is 2.24. The Morgan fingerprint density at radius 2 is 2.14 bits per heavy atom. The Morgan fingerprint density at radius 3 is 2.81 bits per heavy atom. The van der Waals surface area contributed by atoms with E-state index in [0.29, 0.717) is 0 Å². The molecule has 0 aliphatic carbocycles. The summed E-state index contributed by atoms with van der Waals surface area (Å²) in [6.07, 6.45) is -2.35. The number of ether oxygens (including phenoxy) is 1. The van der Waals surface area contributed by atoms with Gasteiger partial charge < -0.3 is 15.0 Å². The molecular formula is C11H10F4N4O2. The second-order valence-electron chi connectivity index (χ2n) is 4.01. The standard InChI is InChI=1S/C11H10F4N4O2/c12-10(13)11(14,15)5-20-4-7-18-9(21-19-7)8-6(16)2-1-3-17-8/h1-3,10H,4-5,16H2. The van der Waals surface area contributed by atoms with Gasteiger partial charge in [0.2, 0.25) is 0 Å². The van der Waals surface area contributed by atoms with Gasteiger partial charge in [-0.2, -0.15) is 13.8 Å². The molecule has 2 aromatic heterocycles. The molecule has 0 aromatic carbocycles. The summed E-state index contributed by atoms with van der Waals surface area (Å²) in [5, 5.41) is 3.46. The molecule has 21 heavy (non-hydrogen) atoms. The van der Waals surface area contributed by atoms with Gasteiger partial charge in [-0.15, -0.1) is 0 Å². The zero-order chi connectivity index (χ0) is 15.5. The predicted octanol–water partition coefficient (Wildman–Crippen LogP) is 2.13. The van der Waals surface area contributed by atoms with Crippen molar-refractivity contribution in [3.63, 3.8) is 0 Å². The van der Waals surface area contributed by atoms with E-state index >= 15 is 0 Å². The van der Waals surface area contributed by atoms with E-state index in [1.54, 1.807) is 12.1 Å². The molecule has 114 valence electrons. The molecule has 0 spiro atoms. The quantitative estimate of drug-likeness (QED) is 0.823. The number of hydrogen-bond donors (Lipinski definition) is 1. The third-order valence-corrected chi connectivity index (χ3v) is 2.35. The molecule has 0 saturated carbocycles. The van der Waals surface area contributed by atoms with Crippen molar-refractivity contribution in [1.29, 1.82) is 0 Å². The van der Waals surface area contributed by atoms with Gasteiger partial charge in [0, 0.05) is 6.20 Å². The van der Waals surface area contributed by atoms with Crippen LogP contribution in [-0.4, -0.2) is 34.1 Å². The normalized spacial score (nSPS) is 12.0. The van der Waals surface area contributed by atoms with E-state index in [9.17, 15) is 17.6 Å². The summed E-state index contributed by atoms with van der Waals surface area (Å²) >= 11 is 0. The van der Waals surface area contributed by atoms with E-state index < -0.39 is 25.6 Å². The van der Waals surface area contributed by atoms with Crippen molar-refractivity contribution >= 4 is 5.69 Å². The lowest BCUT2D eigenvalue weighted by Gasteiger charge is -2.14. The number of halogens is 4. The molecule has 0 amide bonds. The van der Waals surface area contributed by atoms with Crippen molar-refractivity contribution in [2.45, 2.75) is 19.0 Å². The summed E-state index contributed by atoms with van der Waals surface area (Å²) in [5.41, 5.74) is 6.17. The summed E-state index contributed by atoms with van der Waals surface area (Å²) in [5.74, 6) is -4.33. The molecule has 0 unspecified atom stereocenters. The number of pyridine rings is 1. The van der Waals surface area contributed by atoms with E-state index in [2.05, 4.69) is 19.9 Å². The van der Waals surface area contributed by atoms with Crippen molar-refractivity contribution in [2.75, 3.05) is 12.3 Å². The molecule has 2 rings (SSSR count). The SMILES string of the molecule is Nc1cccnc1-c1nc(COCC(F)(F)C(F)F)no1. The van der Waals surface area contributed by atoms with Gasteiger partial charge in [-0.05, 0) is 12.1 Å². The number of nitrogens with zero attached hydrogens (tertiary/aromatic N) is 3. The maximum Gasteiger partial charge on any atom is 0.330 e. The van der Waals surface area contributed by atoms with Gasteiger partial charge in [-0.3, -0.25) is 0 Å². The summed E-state index contributed by atoms with van der Waals surface area (Å²) in [4.78, 5) is 7.75. The number of nitrogen functional groups attached to an aromatic ring is 1. The van der Waals surface area contributed by atoms with Crippen LogP contribution in [-0.2, 0) is 11.3 Å². The highest BCUT2D eigenvalue weighted by molar-refractivity contribution is 5.65. The Morgan fingerprint density at radius 1 is 1.38 bits per heavy atom. The van der Waals surface area contributed by atoms with Gasteiger partial charge in [-0.1, -0.05) is 5.16 Å². The third kappa shape index (κ3) is 3.66. The third-order valence-electron chi connectivity index (χ3n) is 2.35. The average Bonchev–Trinajstić information content (AvgIpc) is 2.87. The van der Waals surface area contributed by atoms with Crippen molar-refractivity contribution in [3.8, 4) is 11.6 Å². The van der Waals surface area contributed by atoms with Crippen LogP contribution >= 0.6 is 0 Å². The second-order valence-corrected chi connectivity index (χ2v) is 4.01. The van der Waals surface area contributed by atoms with Crippen molar-refractivity contribution in [3.05, 3.63) is 24.2 Å². The molecule has 10 heteroatoms. The van der Waals surface area contributed by atoms with Gasteiger partial charge in [0.25, 0.3) is 5.89 Å². The van der Waals surface area contributed by atoms with Crippen LogP contribution < -0.4 is 5.73 Å². The molecule has 0 aliphatic heterocycles. The van der Waals surface area contributed by atoms with E-state index in [-0.39, 0.29) is 23.1 Å². The van der Waals surface area contributed by atoms with Crippen LogP contribution in [0.25, 0.3) is 11.6 Å². The van der Waals surface area contributed by atoms with Gasteiger partial charge in [0.05, 0.1) is 5.69 Å². The molecule has 2 heterocycles. The fraction of sp³-hybridized carbons (Fsp3) is 0.364. The Bertz CT molecular complexity index is 605. The van der Waals surface area contributed by atoms with Gasteiger partial charge in [0.15, 0.2) is 11.5 Å². The molecule has 0 saturated heterocycles. The van der Waals surface area contributed by atoms with Crippen LogP contribution in [0.3, 0.4) is 0 Å². The Labute approximate surface area is 115 Å². The first-order valence-electron chi connectivity index (χ1n) is 5.67. The second kappa shape index (κ2) is 6.04. The van der Waals surface area contributed by atoms with E-state index in [0.717, 1.165) is 0 Å². The van der Waals surface area contributed by atoms with Gasteiger partial charge >= 0.3 is 12.3 Å². The van der Waals surface area contributed by atoms with E-state index in [4.69, 9.17) is 10.3 Å². The number of aromatic nitrogens is 3. The Balaban J connectivity index is 1.97. The van der Waals surface area contributed by atoms with Crippen LogP contribution in [0.5, 0.6) is 0 Å². The van der Waals surface area contributed by atoms with E-state index in [1.165, 1.54) is 6.20 Å². The summed E-state index contributed by atoms with van der Waals surface area (Å²) in [7, 11) is 0. The first kappa shape index (κ1) is 15.2. The average molecular weight is 306 g/mol. The molecular weight excluding hydrogens is 296 g/mol. The lowest BCUT2D eigenvalue weighted by Crippen LogP contribution is -2.32. The van der Waals surface area contributed by atoms with Crippen LogP contribution in [0, 0.1) is 0 Å². The fourth-order valence-corrected chi connectivity index (χ4v) is 1.35. The largest absolute Gasteiger partial charge is 0.397 e. The van der Waals surface area contributed by atoms with Crippen LogP contribution in [0.4, 0.5) is 23.2 Å². The highest BCUT2D eigenvalue weighted by Gasteiger charge is 2.41. The van der Waals surface area contributed by atoms with Gasteiger partial charge in [-0.25, -0.2) is 13.8 Å². The number of alkyl halides is 4. The van der Waals surface area contributed by atoms with Crippen molar-refractivity contribution in [2.24, 2.45) is 0 Å². The minimum absolute atomic E-state index is 0.0210. The Kier molecular flexibility index (Phi) is 4.36. The minimum atomic E-state index is -4.22. The summed E-state index contributed by atoms with van der Waals surface area (Å²) in [6.45, 7) is -1.95. The number of rotatable bonds is 6. The molecule has 0 aliphatic rings. The summed E-state index contributed by atoms with van der Waals surface area (Å²) in [6, 6.07) is 3.16. The predicted molar refractivity (Wildman–Crippen MR) is 62.5 cm³/mol. The maximum atomic E-state index is 12.6. The lowest BCUT2D eigenvalue weighted by molar-refractivity contribution is -0.168. The van der Waals surface area contributed by atoms with E-state index in [1.807, 2.05) is 0 Å². The molecule has 2 aromatic rings. The first-order valence-corrected chi connectivity index (χ1v) is 5.67. The molecule has 0 atom stereocenters. The van der Waals surface area contributed by atoms with Crippen molar-refractivity contribution in [1.82, 2.24) is 15.1 Å². The van der Waals surface area contributed by atoms with Crippen LogP contribution in [0.1, 0.15) is 5.82 Å². The molecule has 6 nitrogen and oxygen atoms in total. The highest BCUT2D eigenvalue weighted by atomic mass is 19.3. The van der Waals surface area contributed by atoms with Crippen LogP contribution in [0.15, 0.2) is 22.9 Å². The molecule has 0 fully saturated rings.